The molecule has 0 aromatic carbocycles. The Morgan fingerprint density at radius 2 is 2.33 bits per heavy atom. The molecule has 0 aliphatic carbocycles. The van der Waals surface area contributed by atoms with E-state index >= 15 is 0 Å². The van der Waals surface area contributed by atoms with Crippen LogP contribution in [0.1, 0.15) is 6.92 Å². The van der Waals surface area contributed by atoms with Crippen molar-refractivity contribution in [1.29, 1.82) is 0 Å². The number of hydrogen-bond donors (Lipinski definition) is 0. The molecule has 0 aliphatic rings. The Labute approximate surface area is 47.7 Å². The van der Waals surface area contributed by atoms with Gasteiger partial charge in [0, 0.05) is 0 Å². The van der Waals surface area contributed by atoms with E-state index in [-0.39, 0.29) is 27.6 Å². The summed E-state index contributed by atoms with van der Waals surface area (Å²) in [6.45, 7) is 1.42. The van der Waals surface area contributed by atoms with Crippen molar-refractivity contribution in [2.24, 2.45) is 0 Å². The Kier molecular flexibility index (Phi) is 3.51. The van der Waals surface area contributed by atoms with Crippen molar-refractivity contribution in [2.45, 2.75) is 6.92 Å². The van der Waals surface area contributed by atoms with E-state index in [0.717, 1.165) is 0 Å². The maximum atomic E-state index is 9.85. The van der Waals surface area contributed by atoms with E-state index in [1.54, 1.807) is 0 Å². The molecule has 0 aromatic heterocycles. The molecule has 0 saturated carbocycles. The molecule has 0 heterocycles. The Balaban J connectivity index is 2.83. The maximum absolute atomic E-state index is 9.85. The molecule has 0 atom stereocenters. The zero-order valence-electron chi connectivity index (χ0n) is 3.69. The molecule has 0 aromatic rings. The van der Waals surface area contributed by atoms with Gasteiger partial charge in [0.2, 0.25) is 0 Å². The van der Waals surface area contributed by atoms with E-state index in [0.29, 0.717) is 0 Å². The van der Waals surface area contributed by atoms with Crippen LogP contribution in [0.25, 0.3) is 0 Å². The predicted octanol–water partition coefficient (Wildman–Crippen LogP) is -2.82. The van der Waals surface area contributed by atoms with E-state index in [2.05, 4.69) is 3.07 Å². The van der Waals surface area contributed by atoms with Gasteiger partial charge in [-0.2, -0.15) is 0 Å². The summed E-state index contributed by atoms with van der Waals surface area (Å²) < 4.78 is 4.51. The first kappa shape index (κ1) is 6.20. The Morgan fingerprint density at radius 1 is 1.83 bits per heavy atom. The van der Waals surface area contributed by atoms with Gasteiger partial charge in [0.05, 0.1) is 0 Å². The Bertz CT molecular complexity index is 52.8. The summed E-state index contributed by atoms with van der Waals surface area (Å²) in [6, 6.07) is 0. The first-order valence-electron chi connectivity index (χ1n) is 1.44. The van der Waals surface area contributed by atoms with Gasteiger partial charge in [-0.15, -0.1) is 0 Å². The Morgan fingerprint density at radius 3 is 2.33 bits per heavy atom. The molecule has 38 valence electrons. The average Bonchev–Trinajstić information content (AvgIpc) is 1.35. The summed E-state index contributed by atoms with van der Waals surface area (Å²) in [6.07, 6.45) is 0. The average molecular weight is 201 g/mol. The summed E-state index contributed by atoms with van der Waals surface area (Å²) in [5, 5.41) is 0. The van der Waals surface area contributed by atoms with Crippen molar-refractivity contribution in [3.05, 3.63) is 0 Å². The number of halogens is 1. The van der Waals surface area contributed by atoms with Crippen molar-refractivity contribution >= 4 is 5.97 Å². The molecule has 2 nitrogen and oxygen atoms in total. The number of rotatable bonds is 1. The number of carbonyl (C=O) groups excluding carboxylic acids is 1. The normalized spacial score (nSPS) is 8.33. The van der Waals surface area contributed by atoms with E-state index in [4.69, 9.17) is 0 Å². The van der Waals surface area contributed by atoms with E-state index < -0.39 is 0 Å². The summed E-state index contributed by atoms with van der Waals surface area (Å²) in [7, 11) is 0. The van der Waals surface area contributed by atoms with Gasteiger partial charge in [-0.05, 0) is 0 Å². The van der Waals surface area contributed by atoms with Crippen molar-refractivity contribution in [1.82, 2.24) is 0 Å². The second-order valence-corrected chi connectivity index (χ2v) is 2.04. The first-order valence-corrected chi connectivity index (χ1v) is 4.48. The van der Waals surface area contributed by atoms with Crippen molar-refractivity contribution in [2.75, 3.05) is 4.93 Å². The molecule has 0 bridgehead atoms. The van der Waals surface area contributed by atoms with Crippen LogP contribution in [0, 0.1) is 0 Å². The molecule has 0 rings (SSSR count). The topological polar surface area (TPSA) is 26.3 Å². The number of hydrogen-bond acceptors (Lipinski definition) is 2. The van der Waals surface area contributed by atoms with Crippen molar-refractivity contribution in [3.8, 4) is 0 Å². The van der Waals surface area contributed by atoms with Gasteiger partial charge in [-0.1, -0.05) is 0 Å². The van der Waals surface area contributed by atoms with Crippen LogP contribution in [0.5, 0.6) is 0 Å². The van der Waals surface area contributed by atoms with Crippen molar-refractivity contribution < 1.29 is 29.5 Å². The molecular weight excluding hydrogens is 195 g/mol. The van der Waals surface area contributed by atoms with E-state index in [9.17, 15) is 4.79 Å². The number of carbonyl (C=O) groups is 1. The fraction of sp³-hybridized carbons (Fsp3) is 0.667. The minimum absolute atomic E-state index is 0.162. The third-order valence-electron chi connectivity index (χ3n) is 0.186. The van der Waals surface area contributed by atoms with Crippen molar-refractivity contribution in [3.63, 3.8) is 0 Å². The standard InChI is InChI=1S/C3H6IO2/c1-3(5)6-4-2/h1-2H3/q-1. The van der Waals surface area contributed by atoms with Gasteiger partial charge in [0.1, 0.15) is 0 Å². The van der Waals surface area contributed by atoms with Gasteiger partial charge in [-0.25, -0.2) is 0 Å². The molecular formula is C3H6IO2-. The summed E-state index contributed by atoms with van der Waals surface area (Å²) >= 11 is -0.282. The van der Waals surface area contributed by atoms with Gasteiger partial charge >= 0.3 is 47.3 Å². The molecule has 0 fully saturated rings. The van der Waals surface area contributed by atoms with Gasteiger partial charge in [0.15, 0.2) is 0 Å². The van der Waals surface area contributed by atoms with Gasteiger partial charge in [-0.3, -0.25) is 0 Å². The fourth-order valence-corrected chi connectivity index (χ4v) is 0.729. The summed E-state index contributed by atoms with van der Waals surface area (Å²) in [4.78, 5) is 11.7. The Hall–Kier alpha value is 0.200. The molecule has 0 amide bonds. The predicted molar refractivity (Wildman–Crippen MR) is 17.7 cm³/mol. The summed E-state index contributed by atoms with van der Waals surface area (Å²) in [5.41, 5.74) is 0. The monoisotopic (exact) mass is 201 g/mol. The van der Waals surface area contributed by atoms with Crippen LogP contribution in [0.2, 0.25) is 0 Å². The molecule has 0 radical (unpaired) electrons. The quantitative estimate of drug-likeness (QED) is 0.338. The molecule has 3 heteroatoms. The zero-order chi connectivity index (χ0) is 4.99. The summed E-state index contributed by atoms with van der Waals surface area (Å²) in [5.74, 6) is -0.162. The van der Waals surface area contributed by atoms with Crippen LogP contribution in [0.4, 0.5) is 0 Å². The SMILES string of the molecule is C[I-]OC(C)=O. The van der Waals surface area contributed by atoms with Crippen LogP contribution in [-0.2, 0) is 7.86 Å². The number of alkyl halides is 1. The minimum atomic E-state index is -0.282. The molecule has 0 saturated heterocycles. The third kappa shape index (κ3) is 4.20. The van der Waals surface area contributed by atoms with Crippen LogP contribution in [0.15, 0.2) is 0 Å². The fourth-order valence-electron chi connectivity index (χ4n) is 0.109. The van der Waals surface area contributed by atoms with E-state index in [1.165, 1.54) is 6.92 Å². The molecule has 0 aliphatic heterocycles. The molecule has 0 N–H and O–H groups in total. The molecule has 0 spiro atoms. The van der Waals surface area contributed by atoms with Gasteiger partial charge < -0.3 is 0 Å². The van der Waals surface area contributed by atoms with Crippen LogP contribution in [-0.4, -0.2) is 10.9 Å². The molecule has 6 heavy (non-hydrogen) atoms. The zero-order valence-corrected chi connectivity index (χ0v) is 5.85. The van der Waals surface area contributed by atoms with Crippen LogP contribution >= 0.6 is 0 Å². The van der Waals surface area contributed by atoms with Crippen LogP contribution < -0.4 is 21.6 Å². The second-order valence-electron chi connectivity index (χ2n) is 0.723. The van der Waals surface area contributed by atoms with E-state index in [1.807, 2.05) is 4.93 Å². The van der Waals surface area contributed by atoms with Gasteiger partial charge in [0.25, 0.3) is 0 Å². The second kappa shape index (κ2) is 3.39. The van der Waals surface area contributed by atoms with Crippen LogP contribution in [0.3, 0.4) is 0 Å². The first-order chi connectivity index (χ1) is 2.77. The molecule has 0 unspecified atom stereocenters. The third-order valence-corrected chi connectivity index (χ3v) is 1.25.